The van der Waals surface area contributed by atoms with E-state index in [0.29, 0.717) is 0 Å². The number of hydrogen-bond acceptors (Lipinski definition) is 2. The van der Waals surface area contributed by atoms with Gasteiger partial charge in [0.15, 0.2) is 0 Å². The van der Waals surface area contributed by atoms with Crippen molar-refractivity contribution in [2.24, 2.45) is 0 Å². The molecule has 0 aromatic heterocycles. The zero-order chi connectivity index (χ0) is 10.4. The van der Waals surface area contributed by atoms with Crippen molar-refractivity contribution in [3.63, 3.8) is 0 Å². The van der Waals surface area contributed by atoms with Gasteiger partial charge in [0, 0.05) is 5.56 Å². The number of aliphatic hydroxyl groups is 1. The maximum absolute atomic E-state index is 9.01. The van der Waals surface area contributed by atoms with Gasteiger partial charge < -0.3 is 5.11 Å². The van der Waals surface area contributed by atoms with Crippen LogP contribution in [0.1, 0.15) is 23.1 Å². The average Bonchev–Trinajstić information content (AvgIpc) is 2.21. The summed E-state index contributed by atoms with van der Waals surface area (Å²) in [4.78, 5) is 0. The summed E-state index contributed by atoms with van der Waals surface area (Å²) >= 11 is 0. The third-order valence-corrected chi connectivity index (χ3v) is 1.92. The largest absolute Gasteiger partial charge is 0.392 e. The molecule has 0 heterocycles. The van der Waals surface area contributed by atoms with Gasteiger partial charge in [0.2, 0.25) is 0 Å². The molecular weight excluding hydrogens is 174 g/mol. The minimum atomic E-state index is 0.0274. The van der Waals surface area contributed by atoms with E-state index in [9.17, 15) is 0 Å². The van der Waals surface area contributed by atoms with Gasteiger partial charge in [-0.25, -0.2) is 0 Å². The molecule has 2 nitrogen and oxygen atoms in total. The molecule has 0 unspecified atom stereocenters. The molecule has 0 atom stereocenters. The summed E-state index contributed by atoms with van der Waals surface area (Å²) in [5, 5.41) is 17.3. The Morgan fingerprint density at radius 1 is 1.43 bits per heavy atom. The highest BCUT2D eigenvalue weighted by Gasteiger charge is 1.96. The molecule has 0 fully saturated rings. The van der Waals surface area contributed by atoms with Crippen molar-refractivity contribution in [1.29, 1.82) is 5.26 Å². The lowest BCUT2D eigenvalue weighted by atomic mass is 10.1. The van der Waals surface area contributed by atoms with Gasteiger partial charge in [-0.3, -0.25) is 0 Å². The molecule has 0 aliphatic carbocycles. The molecule has 0 radical (unpaired) electrons. The zero-order valence-corrected chi connectivity index (χ0v) is 8.04. The van der Waals surface area contributed by atoms with Crippen LogP contribution in [0.25, 0.3) is 0 Å². The van der Waals surface area contributed by atoms with Crippen molar-refractivity contribution in [1.82, 2.24) is 0 Å². The Morgan fingerprint density at radius 3 is 2.86 bits per heavy atom. The van der Waals surface area contributed by atoms with Crippen molar-refractivity contribution < 1.29 is 5.11 Å². The minimum absolute atomic E-state index is 0.0274. The fourth-order valence-electron chi connectivity index (χ4n) is 1.11. The van der Waals surface area contributed by atoms with Crippen LogP contribution >= 0.6 is 0 Å². The maximum Gasteiger partial charge on any atom is 0.0966 e. The highest BCUT2D eigenvalue weighted by molar-refractivity contribution is 5.40. The van der Waals surface area contributed by atoms with Crippen LogP contribution in [-0.4, -0.2) is 5.11 Å². The monoisotopic (exact) mass is 185 g/mol. The van der Waals surface area contributed by atoms with Crippen molar-refractivity contribution in [3.8, 4) is 17.9 Å². The standard InChI is InChI=1S/C12H11NO/c1-10-5-6-11(4-2-3-7-13)8-12(10)9-14/h5-6,8,14H,3,9H2,1H3. The summed E-state index contributed by atoms with van der Waals surface area (Å²) in [6.07, 6.45) is 0.238. The van der Waals surface area contributed by atoms with E-state index in [-0.39, 0.29) is 13.0 Å². The minimum Gasteiger partial charge on any atom is -0.392 e. The van der Waals surface area contributed by atoms with Crippen LogP contribution in [0.5, 0.6) is 0 Å². The van der Waals surface area contributed by atoms with E-state index in [2.05, 4.69) is 11.8 Å². The van der Waals surface area contributed by atoms with Crippen LogP contribution in [0.3, 0.4) is 0 Å². The summed E-state index contributed by atoms with van der Waals surface area (Å²) in [6.45, 7) is 1.97. The average molecular weight is 185 g/mol. The molecule has 2 heteroatoms. The third-order valence-electron chi connectivity index (χ3n) is 1.92. The van der Waals surface area contributed by atoms with Crippen LogP contribution in [0.4, 0.5) is 0 Å². The lowest BCUT2D eigenvalue weighted by Crippen LogP contribution is -1.89. The highest BCUT2D eigenvalue weighted by atomic mass is 16.3. The molecule has 1 aromatic rings. The predicted molar refractivity (Wildman–Crippen MR) is 54.2 cm³/mol. The Balaban J connectivity index is 2.92. The molecule has 0 amide bonds. The van der Waals surface area contributed by atoms with E-state index in [1.165, 1.54) is 0 Å². The van der Waals surface area contributed by atoms with Crippen LogP contribution < -0.4 is 0 Å². The van der Waals surface area contributed by atoms with Crippen LogP contribution in [-0.2, 0) is 6.61 Å². The van der Waals surface area contributed by atoms with Gasteiger partial charge in [-0.15, -0.1) is 0 Å². The number of hydrogen-bond donors (Lipinski definition) is 1. The summed E-state index contributed by atoms with van der Waals surface area (Å²) in [7, 11) is 0. The Bertz CT molecular complexity index is 418. The van der Waals surface area contributed by atoms with Crippen LogP contribution in [0, 0.1) is 30.1 Å². The molecule has 1 aromatic carbocycles. The number of nitriles is 1. The molecular formula is C12H11NO. The maximum atomic E-state index is 9.01. The van der Waals surface area contributed by atoms with E-state index in [1.54, 1.807) is 0 Å². The van der Waals surface area contributed by atoms with E-state index in [4.69, 9.17) is 10.4 Å². The quantitative estimate of drug-likeness (QED) is 0.677. The van der Waals surface area contributed by atoms with Crippen LogP contribution in [0.2, 0.25) is 0 Å². The first-order chi connectivity index (χ1) is 6.77. The molecule has 70 valence electrons. The summed E-state index contributed by atoms with van der Waals surface area (Å²) in [5.41, 5.74) is 2.78. The number of rotatable bonds is 1. The van der Waals surface area contributed by atoms with Gasteiger partial charge in [-0.2, -0.15) is 5.26 Å². The van der Waals surface area contributed by atoms with Gasteiger partial charge in [0.1, 0.15) is 0 Å². The van der Waals surface area contributed by atoms with Crippen LogP contribution in [0.15, 0.2) is 18.2 Å². The molecule has 0 spiro atoms. The van der Waals surface area contributed by atoms with E-state index < -0.39 is 0 Å². The first kappa shape index (κ1) is 10.3. The summed E-state index contributed by atoms with van der Waals surface area (Å²) in [6, 6.07) is 7.61. The predicted octanol–water partition coefficient (Wildman–Crippen LogP) is 1.75. The van der Waals surface area contributed by atoms with Crippen molar-refractivity contribution >= 4 is 0 Å². The van der Waals surface area contributed by atoms with Gasteiger partial charge in [-0.05, 0) is 30.2 Å². The van der Waals surface area contributed by atoms with Crippen molar-refractivity contribution in [3.05, 3.63) is 34.9 Å². The molecule has 1 rings (SSSR count). The second-order valence-electron chi connectivity index (χ2n) is 2.94. The van der Waals surface area contributed by atoms with Gasteiger partial charge >= 0.3 is 0 Å². The molecule has 0 saturated heterocycles. The Kier molecular flexibility index (Phi) is 3.73. The second-order valence-corrected chi connectivity index (χ2v) is 2.94. The van der Waals surface area contributed by atoms with E-state index in [0.717, 1.165) is 16.7 Å². The SMILES string of the molecule is Cc1ccc(C#CCC#N)cc1CO. The molecule has 1 N–H and O–H groups in total. The highest BCUT2D eigenvalue weighted by Crippen LogP contribution is 2.10. The number of aryl methyl sites for hydroxylation is 1. The molecule has 0 bridgehead atoms. The van der Waals surface area contributed by atoms with Gasteiger partial charge in [0.05, 0.1) is 19.1 Å². The third kappa shape index (κ3) is 2.62. The topological polar surface area (TPSA) is 44.0 Å². The molecule has 0 aliphatic heterocycles. The fourth-order valence-corrected chi connectivity index (χ4v) is 1.11. The molecule has 0 aliphatic rings. The van der Waals surface area contributed by atoms with Gasteiger partial charge in [-0.1, -0.05) is 17.9 Å². The Morgan fingerprint density at radius 2 is 2.21 bits per heavy atom. The second kappa shape index (κ2) is 5.07. The van der Waals surface area contributed by atoms with E-state index in [1.807, 2.05) is 31.2 Å². The first-order valence-corrected chi connectivity index (χ1v) is 4.34. The summed E-state index contributed by atoms with van der Waals surface area (Å²) in [5.74, 6) is 5.59. The Hall–Kier alpha value is -1.77. The molecule has 14 heavy (non-hydrogen) atoms. The van der Waals surface area contributed by atoms with Crippen molar-refractivity contribution in [2.45, 2.75) is 20.0 Å². The number of nitrogens with zero attached hydrogens (tertiary/aromatic N) is 1. The first-order valence-electron chi connectivity index (χ1n) is 4.34. The molecule has 0 saturated carbocycles. The normalized spacial score (nSPS) is 8.64. The number of benzene rings is 1. The zero-order valence-electron chi connectivity index (χ0n) is 8.04. The van der Waals surface area contributed by atoms with Crippen molar-refractivity contribution in [2.75, 3.05) is 0 Å². The summed E-state index contributed by atoms with van der Waals surface area (Å²) < 4.78 is 0. The van der Waals surface area contributed by atoms with Gasteiger partial charge in [0.25, 0.3) is 0 Å². The number of aliphatic hydroxyl groups excluding tert-OH is 1. The lowest BCUT2D eigenvalue weighted by Gasteiger charge is -2.01. The van der Waals surface area contributed by atoms with E-state index >= 15 is 0 Å². The smallest absolute Gasteiger partial charge is 0.0966 e. The Labute approximate surface area is 83.8 Å². The fraction of sp³-hybridized carbons (Fsp3) is 0.250. The lowest BCUT2D eigenvalue weighted by molar-refractivity contribution is 0.281.